The standard InChI is InChI=1S/C23H22N4O2S2/c1-15(2)27-22(29)18(31-23(27)30)14-17-20(24-12-11-16-8-4-3-5-9-16)25-19-10-6-7-13-26(19)21(17)28/h3-10,13-15,24H,11-12H2,1-2H3/b18-14-. The second-order valence-electron chi connectivity index (χ2n) is 7.42. The maximum atomic E-state index is 13.2. The Hall–Kier alpha value is -2.97. The van der Waals surface area contributed by atoms with Gasteiger partial charge in [0, 0.05) is 18.8 Å². The minimum Gasteiger partial charge on any atom is -0.369 e. The van der Waals surface area contributed by atoms with E-state index in [1.165, 1.54) is 21.7 Å². The summed E-state index contributed by atoms with van der Waals surface area (Å²) in [5, 5.41) is 3.29. The van der Waals surface area contributed by atoms with Gasteiger partial charge in [-0.15, -0.1) is 0 Å². The molecule has 3 heterocycles. The Balaban J connectivity index is 1.72. The number of rotatable bonds is 6. The van der Waals surface area contributed by atoms with Crippen LogP contribution in [0.2, 0.25) is 0 Å². The number of amides is 1. The van der Waals surface area contributed by atoms with Gasteiger partial charge in [-0.05, 0) is 44.0 Å². The van der Waals surface area contributed by atoms with Crippen molar-refractivity contribution in [1.29, 1.82) is 0 Å². The van der Waals surface area contributed by atoms with E-state index < -0.39 is 0 Å². The number of hydrogen-bond donors (Lipinski definition) is 1. The molecule has 0 aliphatic carbocycles. The first-order valence-electron chi connectivity index (χ1n) is 10.0. The lowest BCUT2D eigenvalue weighted by atomic mass is 10.1. The Morgan fingerprint density at radius 2 is 1.87 bits per heavy atom. The first kappa shape index (κ1) is 21.3. The first-order chi connectivity index (χ1) is 15.0. The van der Waals surface area contributed by atoms with E-state index in [0.29, 0.717) is 32.8 Å². The summed E-state index contributed by atoms with van der Waals surface area (Å²) >= 11 is 6.58. The van der Waals surface area contributed by atoms with Crippen LogP contribution in [0.1, 0.15) is 25.0 Å². The molecule has 1 saturated heterocycles. The average Bonchev–Trinajstić information content (AvgIpc) is 3.04. The number of nitrogens with zero attached hydrogens (tertiary/aromatic N) is 3. The van der Waals surface area contributed by atoms with E-state index in [-0.39, 0.29) is 17.5 Å². The van der Waals surface area contributed by atoms with E-state index in [0.717, 1.165) is 6.42 Å². The molecule has 4 rings (SSSR count). The number of carbonyl (C=O) groups excluding carboxylic acids is 1. The van der Waals surface area contributed by atoms with Crippen LogP contribution in [0.25, 0.3) is 11.7 Å². The highest BCUT2D eigenvalue weighted by Crippen LogP contribution is 2.34. The van der Waals surface area contributed by atoms with E-state index >= 15 is 0 Å². The number of carbonyl (C=O) groups is 1. The second kappa shape index (κ2) is 9.03. The number of benzene rings is 1. The van der Waals surface area contributed by atoms with Crippen molar-refractivity contribution < 1.29 is 4.79 Å². The van der Waals surface area contributed by atoms with Gasteiger partial charge in [0.1, 0.15) is 15.8 Å². The Labute approximate surface area is 190 Å². The molecule has 3 aromatic rings. The molecule has 2 aromatic heterocycles. The van der Waals surface area contributed by atoms with E-state index in [1.807, 2.05) is 38.1 Å². The monoisotopic (exact) mass is 450 g/mol. The minimum atomic E-state index is -0.234. The zero-order chi connectivity index (χ0) is 22.0. The Morgan fingerprint density at radius 1 is 1.13 bits per heavy atom. The third kappa shape index (κ3) is 4.40. The molecule has 6 nitrogen and oxygen atoms in total. The number of thiocarbonyl (C=S) groups is 1. The quantitative estimate of drug-likeness (QED) is 0.453. The van der Waals surface area contributed by atoms with Crippen LogP contribution in [-0.2, 0) is 11.2 Å². The van der Waals surface area contributed by atoms with Gasteiger partial charge < -0.3 is 5.32 Å². The number of fused-ring (bicyclic) bond motifs is 1. The molecule has 1 amide bonds. The lowest BCUT2D eigenvalue weighted by Gasteiger charge is -2.18. The van der Waals surface area contributed by atoms with E-state index in [1.54, 1.807) is 29.3 Å². The molecule has 8 heteroatoms. The van der Waals surface area contributed by atoms with Crippen LogP contribution in [-0.4, -0.2) is 37.1 Å². The molecule has 0 radical (unpaired) electrons. The number of anilines is 1. The predicted octanol–water partition coefficient (Wildman–Crippen LogP) is 3.96. The van der Waals surface area contributed by atoms with Crippen LogP contribution in [0.15, 0.2) is 64.4 Å². The Bertz CT molecular complexity index is 1240. The largest absolute Gasteiger partial charge is 0.369 e. The molecule has 0 saturated carbocycles. The van der Waals surface area contributed by atoms with Crippen LogP contribution >= 0.6 is 24.0 Å². The minimum absolute atomic E-state index is 0.0438. The smallest absolute Gasteiger partial charge is 0.267 e. The average molecular weight is 451 g/mol. The molecule has 1 aromatic carbocycles. The molecular weight excluding hydrogens is 428 g/mol. The molecule has 1 N–H and O–H groups in total. The van der Waals surface area contributed by atoms with Crippen molar-refractivity contribution in [2.45, 2.75) is 26.3 Å². The van der Waals surface area contributed by atoms with Gasteiger partial charge >= 0.3 is 0 Å². The topological polar surface area (TPSA) is 66.7 Å². The summed E-state index contributed by atoms with van der Waals surface area (Å²) < 4.78 is 1.98. The van der Waals surface area contributed by atoms with Crippen LogP contribution in [0.4, 0.5) is 5.82 Å². The highest BCUT2D eigenvalue weighted by molar-refractivity contribution is 8.26. The summed E-state index contributed by atoms with van der Waals surface area (Å²) in [5.74, 6) is 0.278. The zero-order valence-electron chi connectivity index (χ0n) is 17.2. The fraction of sp³-hybridized carbons (Fsp3) is 0.217. The number of thioether (sulfide) groups is 1. The fourth-order valence-corrected chi connectivity index (χ4v) is 4.90. The Kier molecular flexibility index (Phi) is 6.20. The predicted molar refractivity (Wildman–Crippen MR) is 130 cm³/mol. The molecule has 158 valence electrons. The highest BCUT2D eigenvalue weighted by Gasteiger charge is 2.34. The third-order valence-electron chi connectivity index (χ3n) is 4.93. The summed E-state index contributed by atoms with van der Waals surface area (Å²) in [6.07, 6.45) is 4.07. The third-order valence-corrected chi connectivity index (χ3v) is 6.26. The summed E-state index contributed by atoms with van der Waals surface area (Å²) in [4.78, 5) is 32.7. The van der Waals surface area contributed by atoms with Gasteiger partial charge in [-0.3, -0.25) is 18.9 Å². The Morgan fingerprint density at radius 3 is 2.58 bits per heavy atom. The van der Waals surface area contributed by atoms with Gasteiger partial charge in [0.15, 0.2) is 0 Å². The van der Waals surface area contributed by atoms with Gasteiger partial charge in [0.05, 0.1) is 10.5 Å². The highest BCUT2D eigenvalue weighted by atomic mass is 32.2. The van der Waals surface area contributed by atoms with Gasteiger partial charge in [0.2, 0.25) is 0 Å². The maximum Gasteiger partial charge on any atom is 0.267 e. The summed E-state index contributed by atoms with van der Waals surface area (Å²) in [7, 11) is 0. The van der Waals surface area contributed by atoms with E-state index in [2.05, 4.69) is 22.4 Å². The van der Waals surface area contributed by atoms with Gasteiger partial charge in [0.25, 0.3) is 11.5 Å². The van der Waals surface area contributed by atoms with E-state index in [4.69, 9.17) is 12.2 Å². The molecule has 1 fully saturated rings. The van der Waals surface area contributed by atoms with Crippen molar-refractivity contribution in [2.75, 3.05) is 11.9 Å². The van der Waals surface area contributed by atoms with Crippen molar-refractivity contribution in [3.63, 3.8) is 0 Å². The van der Waals surface area contributed by atoms with Crippen molar-refractivity contribution in [3.05, 3.63) is 81.1 Å². The van der Waals surface area contributed by atoms with Crippen LogP contribution in [0.5, 0.6) is 0 Å². The molecular formula is C23H22N4O2S2. The molecule has 31 heavy (non-hydrogen) atoms. The van der Waals surface area contributed by atoms with Gasteiger partial charge in [-0.25, -0.2) is 4.98 Å². The lowest BCUT2D eigenvalue weighted by molar-refractivity contribution is -0.123. The number of aromatic nitrogens is 2. The summed E-state index contributed by atoms with van der Waals surface area (Å²) in [5.41, 5.74) is 1.84. The summed E-state index contributed by atoms with van der Waals surface area (Å²) in [6.45, 7) is 4.43. The first-order valence-corrected chi connectivity index (χ1v) is 11.2. The maximum absolute atomic E-state index is 13.2. The second-order valence-corrected chi connectivity index (χ2v) is 9.09. The normalized spacial score (nSPS) is 15.5. The fourth-order valence-electron chi connectivity index (χ4n) is 3.39. The van der Waals surface area contributed by atoms with Gasteiger partial charge in [-0.2, -0.15) is 0 Å². The van der Waals surface area contributed by atoms with Crippen LogP contribution in [0.3, 0.4) is 0 Å². The zero-order valence-corrected chi connectivity index (χ0v) is 18.9. The molecule has 1 aliphatic rings. The molecule has 0 unspecified atom stereocenters. The SMILES string of the molecule is CC(C)N1C(=O)/C(=C/c2c(NCCc3ccccc3)nc3ccccn3c2=O)SC1=S. The van der Waals surface area contributed by atoms with Crippen LogP contribution < -0.4 is 10.9 Å². The number of pyridine rings is 1. The molecule has 0 spiro atoms. The van der Waals surface area contributed by atoms with Gasteiger partial charge in [-0.1, -0.05) is 60.4 Å². The van der Waals surface area contributed by atoms with Crippen molar-refractivity contribution in [2.24, 2.45) is 0 Å². The molecule has 0 atom stereocenters. The number of hydrogen-bond acceptors (Lipinski definition) is 6. The van der Waals surface area contributed by atoms with Crippen LogP contribution in [0, 0.1) is 0 Å². The molecule has 0 bridgehead atoms. The molecule has 1 aliphatic heterocycles. The summed E-state index contributed by atoms with van der Waals surface area (Å²) in [6, 6.07) is 15.4. The van der Waals surface area contributed by atoms with E-state index in [9.17, 15) is 9.59 Å². The van der Waals surface area contributed by atoms with Crippen molar-refractivity contribution in [3.8, 4) is 0 Å². The lowest BCUT2D eigenvalue weighted by Crippen LogP contribution is -2.34. The van der Waals surface area contributed by atoms with Crippen molar-refractivity contribution >= 4 is 51.7 Å². The number of nitrogens with one attached hydrogen (secondary N) is 1. The van der Waals surface area contributed by atoms with Crippen molar-refractivity contribution in [1.82, 2.24) is 14.3 Å².